The van der Waals surface area contributed by atoms with Gasteiger partial charge in [-0.2, -0.15) is 10.2 Å². The molecule has 0 unspecified atom stereocenters. The van der Waals surface area contributed by atoms with Crippen LogP contribution in [0.2, 0.25) is 0 Å². The lowest BCUT2D eigenvalue weighted by Gasteiger charge is -2.12. The van der Waals surface area contributed by atoms with Crippen molar-refractivity contribution in [2.45, 2.75) is 25.8 Å². The van der Waals surface area contributed by atoms with Crippen molar-refractivity contribution in [3.05, 3.63) is 77.9 Å². The van der Waals surface area contributed by atoms with E-state index in [-0.39, 0.29) is 0 Å². The molecule has 4 aromatic heterocycles. The van der Waals surface area contributed by atoms with Crippen molar-refractivity contribution in [3.8, 4) is 28.3 Å². The lowest BCUT2D eigenvalue weighted by atomic mass is 9.99. The number of benzene rings is 1. The van der Waals surface area contributed by atoms with Gasteiger partial charge in [0, 0.05) is 35.8 Å². The van der Waals surface area contributed by atoms with Gasteiger partial charge in [-0.15, -0.1) is 0 Å². The van der Waals surface area contributed by atoms with Crippen molar-refractivity contribution in [2.75, 3.05) is 7.11 Å². The number of fused-ring (bicyclic) bond motifs is 2. The molecule has 0 fully saturated rings. The third-order valence-corrected chi connectivity index (χ3v) is 6.12. The Hall–Kier alpha value is -4.00. The van der Waals surface area contributed by atoms with E-state index in [1.807, 2.05) is 35.3 Å². The summed E-state index contributed by atoms with van der Waals surface area (Å²) in [5, 5.41) is 12.2. The standard InChI is InChI=1S/C25H22N6O/c1-32-22-12-21-25(28-24(22)20-7-3-5-17-4-2-6-19(17)20)23(30-29-21)18-13-27-31(15-18)14-16-8-10-26-11-9-16/h3,5,7-13,15H,2,4,6,14H2,1H3,(H,29,30). The van der Waals surface area contributed by atoms with Gasteiger partial charge in [-0.25, -0.2) is 4.98 Å². The highest BCUT2D eigenvalue weighted by Crippen LogP contribution is 2.38. The van der Waals surface area contributed by atoms with E-state index < -0.39 is 0 Å². The van der Waals surface area contributed by atoms with Gasteiger partial charge in [-0.1, -0.05) is 18.2 Å². The Bertz CT molecular complexity index is 1420. The first-order valence-corrected chi connectivity index (χ1v) is 10.8. The minimum atomic E-state index is 0.674. The van der Waals surface area contributed by atoms with Gasteiger partial charge in [0.1, 0.15) is 22.7 Å². The molecule has 1 aliphatic rings. The van der Waals surface area contributed by atoms with Crippen LogP contribution in [0.5, 0.6) is 5.75 Å². The van der Waals surface area contributed by atoms with Crippen molar-refractivity contribution in [1.82, 2.24) is 29.9 Å². The van der Waals surface area contributed by atoms with Crippen molar-refractivity contribution < 1.29 is 4.74 Å². The highest BCUT2D eigenvalue weighted by Gasteiger charge is 2.21. The highest BCUT2D eigenvalue weighted by atomic mass is 16.5. The summed E-state index contributed by atoms with van der Waals surface area (Å²) in [4.78, 5) is 9.13. The number of ether oxygens (including phenoxy) is 1. The molecule has 7 heteroatoms. The molecule has 32 heavy (non-hydrogen) atoms. The van der Waals surface area contributed by atoms with Crippen molar-refractivity contribution in [2.24, 2.45) is 0 Å². The summed E-state index contributed by atoms with van der Waals surface area (Å²) in [6.45, 7) is 0.674. The lowest BCUT2D eigenvalue weighted by Crippen LogP contribution is -1.99. The fraction of sp³-hybridized carbons (Fsp3) is 0.200. The molecule has 1 aromatic carbocycles. The van der Waals surface area contributed by atoms with Crippen LogP contribution in [-0.2, 0) is 19.4 Å². The van der Waals surface area contributed by atoms with E-state index in [0.29, 0.717) is 6.54 Å². The minimum absolute atomic E-state index is 0.674. The first-order valence-electron chi connectivity index (χ1n) is 10.8. The molecule has 0 radical (unpaired) electrons. The van der Waals surface area contributed by atoms with Crippen LogP contribution in [0.3, 0.4) is 0 Å². The van der Waals surface area contributed by atoms with Crippen LogP contribution in [0.1, 0.15) is 23.1 Å². The summed E-state index contributed by atoms with van der Waals surface area (Å²) in [5.74, 6) is 0.751. The second-order valence-corrected chi connectivity index (χ2v) is 8.09. The molecule has 6 rings (SSSR count). The monoisotopic (exact) mass is 422 g/mol. The number of rotatable bonds is 5. The maximum atomic E-state index is 5.72. The zero-order valence-corrected chi connectivity index (χ0v) is 17.7. The second kappa shape index (κ2) is 7.60. The number of methoxy groups -OCH3 is 1. The Labute approximate surface area is 185 Å². The number of pyridine rings is 2. The van der Waals surface area contributed by atoms with Gasteiger partial charge < -0.3 is 4.74 Å². The maximum absolute atomic E-state index is 5.72. The highest BCUT2D eigenvalue weighted by molar-refractivity contribution is 5.92. The van der Waals surface area contributed by atoms with Crippen molar-refractivity contribution in [3.63, 3.8) is 0 Å². The third kappa shape index (κ3) is 3.13. The molecule has 5 aromatic rings. The van der Waals surface area contributed by atoms with Crippen LogP contribution in [0.25, 0.3) is 33.5 Å². The fourth-order valence-corrected chi connectivity index (χ4v) is 4.57. The number of aryl methyl sites for hydroxylation is 1. The Morgan fingerprint density at radius 3 is 2.88 bits per heavy atom. The largest absolute Gasteiger partial charge is 0.494 e. The van der Waals surface area contributed by atoms with E-state index >= 15 is 0 Å². The second-order valence-electron chi connectivity index (χ2n) is 8.09. The Kier molecular flexibility index (Phi) is 4.45. The van der Waals surface area contributed by atoms with E-state index in [9.17, 15) is 0 Å². The first kappa shape index (κ1) is 18.7. The smallest absolute Gasteiger partial charge is 0.147 e. The van der Waals surface area contributed by atoms with Crippen LogP contribution in [0, 0.1) is 0 Å². The number of aromatic amines is 1. The average molecular weight is 422 g/mol. The summed E-state index contributed by atoms with van der Waals surface area (Å²) in [7, 11) is 1.69. The summed E-state index contributed by atoms with van der Waals surface area (Å²) in [6, 6.07) is 12.5. The van der Waals surface area contributed by atoms with E-state index in [1.165, 1.54) is 17.5 Å². The number of nitrogens with one attached hydrogen (secondary N) is 1. The van der Waals surface area contributed by atoms with E-state index in [1.54, 1.807) is 19.5 Å². The molecule has 4 heterocycles. The SMILES string of the molecule is COc1cc2[nH]nc(-c3cnn(Cc4ccncc4)c3)c2nc1-c1cccc2c1CCC2. The predicted molar refractivity (Wildman–Crippen MR) is 122 cm³/mol. The Morgan fingerprint density at radius 2 is 2.00 bits per heavy atom. The van der Waals surface area contributed by atoms with E-state index in [0.717, 1.165) is 57.7 Å². The third-order valence-electron chi connectivity index (χ3n) is 6.12. The summed E-state index contributed by atoms with van der Waals surface area (Å²) < 4.78 is 7.62. The molecule has 7 nitrogen and oxygen atoms in total. The van der Waals surface area contributed by atoms with Crippen LogP contribution in [0.15, 0.2) is 61.2 Å². The quantitative estimate of drug-likeness (QED) is 0.453. The van der Waals surface area contributed by atoms with Gasteiger partial charge in [0.2, 0.25) is 0 Å². The number of hydrogen-bond donors (Lipinski definition) is 1. The molecule has 158 valence electrons. The topological polar surface area (TPSA) is 81.5 Å². The molecule has 0 aliphatic heterocycles. The van der Waals surface area contributed by atoms with Gasteiger partial charge in [0.05, 0.1) is 25.4 Å². The molecule has 1 N–H and O–H groups in total. The van der Waals surface area contributed by atoms with Crippen molar-refractivity contribution >= 4 is 11.0 Å². The summed E-state index contributed by atoms with van der Waals surface area (Å²) in [6.07, 6.45) is 10.8. The molecule has 0 saturated carbocycles. The Balaban J connectivity index is 1.44. The number of aromatic nitrogens is 6. The predicted octanol–water partition coefficient (Wildman–Crippen LogP) is 4.43. The zero-order valence-electron chi connectivity index (χ0n) is 17.7. The van der Waals surface area contributed by atoms with Gasteiger partial charge in [-0.05, 0) is 48.1 Å². The van der Waals surface area contributed by atoms with Crippen molar-refractivity contribution in [1.29, 1.82) is 0 Å². The molecular formula is C25H22N6O. The summed E-state index contributed by atoms with van der Waals surface area (Å²) in [5.41, 5.74) is 9.33. The van der Waals surface area contributed by atoms with Crippen LogP contribution in [0.4, 0.5) is 0 Å². The molecule has 0 atom stereocenters. The van der Waals surface area contributed by atoms with Crippen LogP contribution >= 0.6 is 0 Å². The molecule has 0 saturated heterocycles. The van der Waals surface area contributed by atoms with Crippen LogP contribution < -0.4 is 4.74 Å². The molecule has 0 bridgehead atoms. The van der Waals surface area contributed by atoms with Gasteiger partial charge >= 0.3 is 0 Å². The van der Waals surface area contributed by atoms with E-state index in [4.69, 9.17) is 9.72 Å². The summed E-state index contributed by atoms with van der Waals surface area (Å²) >= 11 is 0. The van der Waals surface area contributed by atoms with E-state index in [2.05, 4.69) is 38.5 Å². The van der Waals surface area contributed by atoms with Gasteiger partial charge in [-0.3, -0.25) is 14.8 Å². The van der Waals surface area contributed by atoms with Gasteiger partial charge in [0.25, 0.3) is 0 Å². The molecule has 0 amide bonds. The Morgan fingerprint density at radius 1 is 1.09 bits per heavy atom. The first-order chi connectivity index (χ1) is 15.8. The fourth-order valence-electron chi connectivity index (χ4n) is 4.57. The number of nitrogens with zero attached hydrogens (tertiary/aromatic N) is 5. The normalized spacial score (nSPS) is 12.9. The molecular weight excluding hydrogens is 400 g/mol. The number of hydrogen-bond acceptors (Lipinski definition) is 5. The van der Waals surface area contributed by atoms with Gasteiger partial charge in [0.15, 0.2) is 0 Å². The van der Waals surface area contributed by atoms with Crippen LogP contribution in [-0.4, -0.2) is 37.1 Å². The molecule has 1 aliphatic carbocycles. The zero-order chi connectivity index (χ0) is 21.5. The average Bonchev–Trinajstić information content (AvgIpc) is 3.57. The lowest BCUT2D eigenvalue weighted by molar-refractivity contribution is 0.415. The minimum Gasteiger partial charge on any atom is -0.494 e. The maximum Gasteiger partial charge on any atom is 0.147 e. The molecule has 0 spiro atoms. The number of H-pyrrole nitrogens is 1.